The van der Waals surface area contributed by atoms with E-state index in [1.54, 1.807) is 0 Å². The zero-order chi connectivity index (χ0) is 14.7. The molecule has 0 spiro atoms. The van der Waals surface area contributed by atoms with E-state index in [-0.39, 0.29) is 12.4 Å². The van der Waals surface area contributed by atoms with Gasteiger partial charge >= 0.3 is 0 Å². The summed E-state index contributed by atoms with van der Waals surface area (Å²) in [6.07, 6.45) is -5.29. The van der Waals surface area contributed by atoms with Crippen molar-refractivity contribution in [2.24, 2.45) is 0 Å². The molecule has 1 aromatic rings. The Bertz CT molecular complexity index is 424. The molecule has 5 N–H and O–H groups in total. The summed E-state index contributed by atoms with van der Waals surface area (Å²) in [6, 6.07) is 2.96. The molecular weight excluding hydrogens is 270 g/mol. The maximum absolute atomic E-state index is 9.74. The molecule has 0 saturated carbocycles. The van der Waals surface area contributed by atoms with Gasteiger partial charge in [0.05, 0.1) is 25.1 Å². The third-order valence-electron chi connectivity index (χ3n) is 3.05. The fourth-order valence-electron chi connectivity index (χ4n) is 1.87. The molecule has 20 heavy (non-hydrogen) atoms. The molecule has 1 saturated heterocycles. The fourth-order valence-corrected chi connectivity index (χ4v) is 1.87. The first-order valence-corrected chi connectivity index (χ1v) is 6.09. The predicted octanol–water partition coefficient (Wildman–Crippen LogP) is -1.90. The molecule has 8 nitrogen and oxygen atoms in total. The van der Waals surface area contributed by atoms with Gasteiger partial charge < -0.3 is 35.0 Å². The highest BCUT2D eigenvalue weighted by Crippen LogP contribution is 2.22. The normalized spacial score (nSPS) is 34.1. The number of rotatable bonds is 4. The Morgan fingerprint density at radius 1 is 1.15 bits per heavy atom. The number of pyridine rings is 1. The van der Waals surface area contributed by atoms with Gasteiger partial charge in [0.2, 0.25) is 0 Å². The van der Waals surface area contributed by atoms with Crippen LogP contribution in [0.3, 0.4) is 0 Å². The number of nitrogens with zero attached hydrogens (tertiary/aromatic N) is 1. The average Bonchev–Trinajstić information content (AvgIpc) is 2.46. The lowest BCUT2D eigenvalue weighted by molar-refractivity contribution is -0.304. The summed E-state index contributed by atoms with van der Waals surface area (Å²) in [5, 5.41) is 47.0. The second kappa shape index (κ2) is 6.44. The molecule has 0 aliphatic carbocycles. The van der Waals surface area contributed by atoms with Gasteiger partial charge in [-0.25, -0.2) is 0 Å². The Morgan fingerprint density at radius 2 is 1.90 bits per heavy atom. The number of aliphatic hydroxyl groups is 4. The minimum Gasteiger partial charge on any atom is -0.506 e. The topological polar surface area (TPSA) is 132 Å². The van der Waals surface area contributed by atoms with Gasteiger partial charge in [0.25, 0.3) is 0 Å². The minimum atomic E-state index is -1.47. The van der Waals surface area contributed by atoms with Crippen LogP contribution >= 0.6 is 0 Å². The largest absolute Gasteiger partial charge is 0.506 e. The van der Waals surface area contributed by atoms with Crippen molar-refractivity contribution in [2.75, 3.05) is 6.61 Å². The molecule has 1 aliphatic rings. The van der Waals surface area contributed by atoms with Crippen molar-refractivity contribution in [3.8, 4) is 5.75 Å². The molecule has 5 atom stereocenters. The number of hydrogen-bond acceptors (Lipinski definition) is 8. The van der Waals surface area contributed by atoms with Crippen molar-refractivity contribution in [2.45, 2.75) is 37.3 Å². The SMILES string of the molecule is OCC1OC(OCc2ccc(O)cn2)C(O)C(O)C1O. The van der Waals surface area contributed by atoms with E-state index in [0.717, 1.165) is 0 Å². The van der Waals surface area contributed by atoms with Gasteiger partial charge in [0.1, 0.15) is 30.2 Å². The molecule has 0 aromatic carbocycles. The summed E-state index contributed by atoms with van der Waals surface area (Å²) >= 11 is 0. The summed E-state index contributed by atoms with van der Waals surface area (Å²) in [5.41, 5.74) is 0.486. The lowest BCUT2D eigenvalue weighted by Gasteiger charge is -2.39. The zero-order valence-electron chi connectivity index (χ0n) is 10.5. The average molecular weight is 287 g/mol. The van der Waals surface area contributed by atoms with Crippen LogP contribution in [-0.2, 0) is 16.1 Å². The molecule has 1 aliphatic heterocycles. The predicted molar refractivity (Wildman–Crippen MR) is 64.5 cm³/mol. The second-order valence-electron chi connectivity index (χ2n) is 4.52. The number of aliphatic hydroxyl groups excluding tert-OH is 4. The molecule has 0 amide bonds. The number of aromatic nitrogens is 1. The Labute approximate surface area is 114 Å². The van der Waals surface area contributed by atoms with Crippen LogP contribution in [-0.4, -0.2) is 67.8 Å². The standard InChI is InChI=1S/C12H17NO7/c14-4-8-9(16)10(17)11(18)12(20-8)19-5-6-1-2-7(15)3-13-6/h1-3,8-12,14-18H,4-5H2. The summed E-state index contributed by atoms with van der Waals surface area (Å²) < 4.78 is 10.4. The van der Waals surface area contributed by atoms with Crippen molar-refractivity contribution in [1.29, 1.82) is 0 Å². The highest BCUT2D eigenvalue weighted by Gasteiger charge is 2.43. The molecule has 8 heteroatoms. The molecule has 0 radical (unpaired) electrons. The quantitative estimate of drug-likeness (QED) is 0.434. The highest BCUT2D eigenvalue weighted by atomic mass is 16.7. The fraction of sp³-hybridized carbons (Fsp3) is 0.583. The summed E-state index contributed by atoms with van der Waals surface area (Å²) in [5.74, 6) is 0.0154. The van der Waals surface area contributed by atoms with Crippen LogP contribution in [0.25, 0.3) is 0 Å². The van der Waals surface area contributed by atoms with Gasteiger partial charge in [-0.2, -0.15) is 0 Å². The Kier molecular flexibility index (Phi) is 4.86. The molecule has 112 valence electrons. The van der Waals surface area contributed by atoms with Crippen molar-refractivity contribution in [3.63, 3.8) is 0 Å². The maximum Gasteiger partial charge on any atom is 0.187 e. The minimum absolute atomic E-state index is 0.0154. The first-order chi connectivity index (χ1) is 9.52. The second-order valence-corrected chi connectivity index (χ2v) is 4.52. The molecule has 2 heterocycles. The van der Waals surface area contributed by atoms with E-state index in [1.165, 1.54) is 18.3 Å². The monoisotopic (exact) mass is 287 g/mol. The molecule has 5 unspecified atom stereocenters. The maximum atomic E-state index is 9.74. The van der Waals surface area contributed by atoms with Crippen LogP contribution in [0.1, 0.15) is 5.69 Å². The zero-order valence-corrected chi connectivity index (χ0v) is 10.5. The van der Waals surface area contributed by atoms with Gasteiger partial charge in [-0.3, -0.25) is 4.98 Å². The van der Waals surface area contributed by atoms with E-state index < -0.39 is 37.3 Å². The lowest BCUT2D eigenvalue weighted by Crippen LogP contribution is -2.59. The van der Waals surface area contributed by atoms with Crippen molar-refractivity contribution in [3.05, 3.63) is 24.0 Å². The van der Waals surface area contributed by atoms with Crippen molar-refractivity contribution < 1.29 is 35.0 Å². The van der Waals surface area contributed by atoms with Crippen LogP contribution in [0.5, 0.6) is 5.75 Å². The first-order valence-electron chi connectivity index (χ1n) is 6.09. The van der Waals surface area contributed by atoms with E-state index in [0.29, 0.717) is 5.69 Å². The van der Waals surface area contributed by atoms with Crippen LogP contribution in [0.4, 0.5) is 0 Å². The lowest BCUT2D eigenvalue weighted by atomic mass is 9.99. The van der Waals surface area contributed by atoms with Crippen molar-refractivity contribution in [1.82, 2.24) is 4.98 Å². The Balaban J connectivity index is 1.95. The van der Waals surface area contributed by atoms with Gasteiger partial charge in [-0.1, -0.05) is 0 Å². The molecular formula is C12H17NO7. The smallest absolute Gasteiger partial charge is 0.187 e. The van der Waals surface area contributed by atoms with E-state index in [4.69, 9.17) is 19.7 Å². The number of aromatic hydroxyl groups is 1. The Hall–Kier alpha value is -1.29. The van der Waals surface area contributed by atoms with Crippen LogP contribution in [0.15, 0.2) is 18.3 Å². The first kappa shape index (κ1) is 15.1. The molecule has 1 fully saturated rings. The summed E-state index contributed by atoms with van der Waals surface area (Å²) in [7, 11) is 0. The van der Waals surface area contributed by atoms with E-state index in [2.05, 4.69) is 4.98 Å². The van der Waals surface area contributed by atoms with Gasteiger partial charge in [0.15, 0.2) is 6.29 Å². The Morgan fingerprint density at radius 3 is 2.50 bits per heavy atom. The van der Waals surface area contributed by atoms with E-state index in [9.17, 15) is 15.3 Å². The van der Waals surface area contributed by atoms with Gasteiger partial charge in [-0.15, -0.1) is 0 Å². The highest BCUT2D eigenvalue weighted by molar-refractivity contribution is 5.17. The van der Waals surface area contributed by atoms with E-state index in [1.807, 2.05) is 0 Å². The molecule has 2 rings (SSSR count). The number of ether oxygens (including phenoxy) is 2. The van der Waals surface area contributed by atoms with Crippen LogP contribution in [0, 0.1) is 0 Å². The van der Waals surface area contributed by atoms with E-state index >= 15 is 0 Å². The van der Waals surface area contributed by atoms with Crippen LogP contribution < -0.4 is 0 Å². The third-order valence-corrected chi connectivity index (χ3v) is 3.05. The third kappa shape index (κ3) is 3.23. The molecule has 0 bridgehead atoms. The molecule has 1 aromatic heterocycles. The number of hydrogen-bond donors (Lipinski definition) is 5. The van der Waals surface area contributed by atoms with Gasteiger partial charge in [-0.05, 0) is 12.1 Å². The van der Waals surface area contributed by atoms with Gasteiger partial charge in [0, 0.05) is 0 Å². The summed E-state index contributed by atoms with van der Waals surface area (Å²) in [4.78, 5) is 3.89. The summed E-state index contributed by atoms with van der Waals surface area (Å²) in [6.45, 7) is -0.536. The van der Waals surface area contributed by atoms with Crippen LogP contribution in [0.2, 0.25) is 0 Å². The van der Waals surface area contributed by atoms with Crippen molar-refractivity contribution >= 4 is 0 Å².